The molecule has 1 N–H and O–H groups in total. The van der Waals surface area contributed by atoms with Gasteiger partial charge in [0.25, 0.3) is 5.91 Å². The van der Waals surface area contributed by atoms with E-state index >= 15 is 0 Å². The number of esters is 1. The van der Waals surface area contributed by atoms with E-state index in [9.17, 15) is 22.8 Å². The van der Waals surface area contributed by atoms with Gasteiger partial charge in [-0.2, -0.15) is 18.3 Å². The molecule has 2 aromatic heterocycles. The smallest absolute Gasteiger partial charge is 0.416 e. The molecule has 3 aromatic rings. The molecule has 0 spiro atoms. The van der Waals surface area contributed by atoms with Crippen LogP contribution in [-0.2, 0) is 15.7 Å². The number of aryl methyl sites for hydroxylation is 1. The Bertz CT molecular complexity index is 1120. The molecule has 170 valence electrons. The molecule has 0 fully saturated rings. The standard InChI is InChI=1S/C20H19F3N4O5/c1-4-14(18(28)24-16-8-11(2)32-26-16)31-19(29)17-15(30-3)10-27(25-17)13-7-5-6-12(9-13)20(21,22)23/h5-10,14H,4H2,1-3H3,(H,24,26,28). The highest BCUT2D eigenvalue weighted by molar-refractivity contribution is 5.97. The molecule has 1 amide bonds. The molecule has 0 aliphatic rings. The molecule has 0 radical (unpaired) electrons. The molecule has 0 aliphatic heterocycles. The molecular formula is C20H19F3N4O5. The van der Waals surface area contributed by atoms with Crippen LogP contribution in [0.25, 0.3) is 5.69 Å². The molecule has 1 unspecified atom stereocenters. The number of amides is 1. The minimum Gasteiger partial charge on any atom is -0.493 e. The van der Waals surface area contributed by atoms with Gasteiger partial charge >= 0.3 is 12.1 Å². The van der Waals surface area contributed by atoms with Crippen LogP contribution < -0.4 is 10.1 Å². The van der Waals surface area contributed by atoms with Crippen molar-refractivity contribution in [2.45, 2.75) is 32.5 Å². The Morgan fingerprint density at radius 3 is 2.62 bits per heavy atom. The number of carbonyl (C=O) groups is 2. The first kappa shape index (κ1) is 22.8. The average Bonchev–Trinajstić information content (AvgIpc) is 3.37. The first-order valence-electron chi connectivity index (χ1n) is 9.38. The van der Waals surface area contributed by atoms with E-state index in [0.717, 1.165) is 16.8 Å². The minimum atomic E-state index is -4.54. The van der Waals surface area contributed by atoms with E-state index in [2.05, 4.69) is 15.6 Å². The van der Waals surface area contributed by atoms with Crippen molar-refractivity contribution < 1.29 is 36.8 Å². The number of nitrogens with one attached hydrogen (secondary N) is 1. The van der Waals surface area contributed by atoms with Crippen molar-refractivity contribution in [1.82, 2.24) is 14.9 Å². The lowest BCUT2D eigenvalue weighted by molar-refractivity contribution is -0.137. The second-order valence-corrected chi connectivity index (χ2v) is 6.65. The summed E-state index contributed by atoms with van der Waals surface area (Å²) in [5.74, 6) is -1.00. The van der Waals surface area contributed by atoms with Gasteiger partial charge in [-0.3, -0.25) is 4.79 Å². The van der Waals surface area contributed by atoms with Gasteiger partial charge in [-0.15, -0.1) is 0 Å². The van der Waals surface area contributed by atoms with E-state index in [-0.39, 0.29) is 29.4 Å². The number of ether oxygens (including phenoxy) is 2. The van der Waals surface area contributed by atoms with Crippen LogP contribution in [0.4, 0.5) is 19.0 Å². The summed E-state index contributed by atoms with van der Waals surface area (Å²) in [7, 11) is 1.27. The Hall–Kier alpha value is -3.83. The summed E-state index contributed by atoms with van der Waals surface area (Å²) in [6.07, 6.45) is -4.34. The average molecular weight is 452 g/mol. The van der Waals surface area contributed by atoms with E-state index in [1.807, 2.05) is 0 Å². The number of nitrogens with zero attached hydrogens (tertiary/aromatic N) is 3. The molecular weight excluding hydrogens is 433 g/mol. The van der Waals surface area contributed by atoms with Gasteiger partial charge in [-0.1, -0.05) is 18.1 Å². The van der Waals surface area contributed by atoms with Gasteiger partial charge in [0.15, 0.2) is 17.7 Å². The lowest BCUT2D eigenvalue weighted by Gasteiger charge is -2.14. The number of alkyl halides is 3. The zero-order valence-corrected chi connectivity index (χ0v) is 17.3. The van der Waals surface area contributed by atoms with Gasteiger partial charge in [0.2, 0.25) is 5.69 Å². The van der Waals surface area contributed by atoms with E-state index in [0.29, 0.717) is 5.76 Å². The SMILES string of the molecule is CCC(OC(=O)c1nn(-c2cccc(C(F)(F)F)c2)cc1OC)C(=O)Nc1cc(C)on1. The third-order valence-corrected chi connectivity index (χ3v) is 4.32. The maximum Gasteiger partial charge on any atom is 0.416 e. The maximum absolute atomic E-state index is 13.0. The Labute approximate surface area is 180 Å². The Morgan fingerprint density at radius 1 is 1.28 bits per heavy atom. The number of methoxy groups -OCH3 is 1. The van der Waals surface area contributed by atoms with Crippen LogP contribution in [0.2, 0.25) is 0 Å². The summed E-state index contributed by atoms with van der Waals surface area (Å²) >= 11 is 0. The molecule has 0 bridgehead atoms. The Morgan fingerprint density at radius 2 is 2.03 bits per heavy atom. The topological polar surface area (TPSA) is 108 Å². The number of hydrogen-bond acceptors (Lipinski definition) is 7. The van der Waals surface area contributed by atoms with Crippen molar-refractivity contribution >= 4 is 17.7 Å². The molecule has 1 atom stereocenters. The number of hydrogen-bond donors (Lipinski definition) is 1. The van der Waals surface area contributed by atoms with Gasteiger partial charge in [0.1, 0.15) is 5.76 Å². The van der Waals surface area contributed by atoms with Crippen molar-refractivity contribution in [3.05, 3.63) is 53.5 Å². The van der Waals surface area contributed by atoms with Crippen molar-refractivity contribution in [1.29, 1.82) is 0 Å². The number of rotatable bonds is 7. The van der Waals surface area contributed by atoms with E-state index in [1.165, 1.54) is 31.5 Å². The van der Waals surface area contributed by atoms with E-state index < -0.39 is 29.7 Å². The summed E-state index contributed by atoms with van der Waals surface area (Å²) in [6, 6.07) is 5.89. The van der Waals surface area contributed by atoms with Crippen LogP contribution in [0.1, 0.15) is 35.2 Å². The van der Waals surface area contributed by atoms with Crippen molar-refractivity contribution in [3.8, 4) is 11.4 Å². The maximum atomic E-state index is 13.0. The summed E-state index contributed by atoms with van der Waals surface area (Å²) < 4.78 is 55.3. The molecule has 32 heavy (non-hydrogen) atoms. The van der Waals surface area contributed by atoms with Crippen molar-refractivity contribution in [2.24, 2.45) is 0 Å². The van der Waals surface area contributed by atoms with Gasteiger partial charge in [-0.25, -0.2) is 9.48 Å². The number of anilines is 1. The number of carbonyl (C=O) groups excluding carboxylic acids is 2. The molecule has 1 aromatic carbocycles. The van der Waals surface area contributed by atoms with Crippen molar-refractivity contribution in [3.63, 3.8) is 0 Å². The fourth-order valence-corrected chi connectivity index (χ4v) is 2.75. The fraction of sp³-hybridized carbons (Fsp3) is 0.300. The van der Waals surface area contributed by atoms with Gasteiger partial charge < -0.3 is 19.3 Å². The van der Waals surface area contributed by atoms with Crippen LogP contribution in [0.5, 0.6) is 5.75 Å². The number of aromatic nitrogens is 3. The lowest BCUT2D eigenvalue weighted by atomic mass is 10.2. The van der Waals surface area contributed by atoms with E-state index in [1.54, 1.807) is 13.8 Å². The highest BCUT2D eigenvalue weighted by atomic mass is 19.4. The first-order valence-corrected chi connectivity index (χ1v) is 9.38. The molecule has 0 saturated carbocycles. The largest absolute Gasteiger partial charge is 0.493 e. The van der Waals surface area contributed by atoms with Crippen LogP contribution >= 0.6 is 0 Å². The highest BCUT2D eigenvalue weighted by Gasteiger charge is 2.31. The molecule has 9 nitrogen and oxygen atoms in total. The first-order chi connectivity index (χ1) is 15.1. The third-order valence-electron chi connectivity index (χ3n) is 4.32. The fourth-order valence-electron chi connectivity index (χ4n) is 2.75. The molecule has 0 saturated heterocycles. The highest BCUT2D eigenvalue weighted by Crippen LogP contribution is 2.31. The van der Waals surface area contributed by atoms with E-state index in [4.69, 9.17) is 14.0 Å². The van der Waals surface area contributed by atoms with Crippen molar-refractivity contribution in [2.75, 3.05) is 12.4 Å². The summed E-state index contributed by atoms with van der Waals surface area (Å²) in [5.41, 5.74) is -1.11. The van der Waals surface area contributed by atoms with Gasteiger partial charge in [-0.05, 0) is 31.5 Å². The summed E-state index contributed by atoms with van der Waals surface area (Å²) in [6.45, 7) is 3.27. The predicted octanol–water partition coefficient (Wildman–Crippen LogP) is 3.77. The minimum absolute atomic E-state index is 0.0326. The Kier molecular flexibility index (Phi) is 6.51. The quantitative estimate of drug-likeness (QED) is 0.544. The number of benzene rings is 1. The summed E-state index contributed by atoms with van der Waals surface area (Å²) in [5, 5.41) is 10.1. The zero-order chi connectivity index (χ0) is 23.5. The number of halogens is 3. The predicted molar refractivity (Wildman–Crippen MR) is 104 cm³/mol. The summed E-state index contributed by atoms with van der Waals surface area (Å²) in [4.78, 5) is 25.1. The molecule has 0 aliphatic carbocycles. The zero-order valence-electron chi connectivity index (χ0n) is 17.3. The molecule has 3 rings (SSSR count). The van der Waals surface area contributed by atoms with Crippen LogP contribution in [0.3, 0.4) is 0 Å². The Balaban J connectivity index is 1.80. The van der Waals surface area contributed by atoms with Crippen LogP contribution in [-0.4, -0.2) is 40.0 Å². The van der Waals surface area contributed by atoms with Gasteiger partial charge in [0.05, 0.1) is 24.6 Å². The van der Waals surface area contributed by atoms with Crippen LogP contribution in [0.15, 0.2) is 41.1 Å². The normalized spacial score (nSPS) is 12.3. The second kappa shape index (κ2) is 9.12. The monoisotopic (exact) mass is 452 g/mol. The lowest BCUT2D eigenvalue weighted by Crippen LogP contribution is -2.32. The molecule has 12 heteroatoms. The van der Waals surface area contributed by atoms with Gasteiger partial charge in [0, 0.05) is 6.07 Å². The second-order valence-electron chi connectivity index (χ2n) is 6.65. The van der Waals surface area contributed by atoms with Crippen LogP contribution in [0, 0.1) is 6.92 Å². The third kappa shape index (κ3) is 5.07. The molecule has 2 heterocycles.